The number of hydrogen-bond donors (Lipinski definition) is 2. The van der Waals surface area contributed by atoms with Gasteiger partial charge in [-0.1, -0.05) is 35.9 Å². The highest BCUT2D eigenvalue weighted by molar-refractivity contribution is 6.30. The molecular weight excluding hydrogens is 457 g/mol. The second-order valence-electron chi connectivity index (χ2n) is 7.15. The Hall–Kier alpha value is -3.65. The van der Waals surface area contributed by atoms with Crippen molar-refractivity contribution in [1.82, 2.24) is 10.2 Å². The first-order valence-electron chi connectivity index (χ1n) is 9.77. The van der Waals surface area contributed by atoms with Gasteiger partial charge in [0.05, 0.1) is 7.11 Å². The Balaban J connectivity index is 1.70. The fourth-order valence-electron chi connectivity index (χ4n) is 3.35. The first-order chi connectivity index (χ1) is 15.8. The van der Waals surface area contributed by atoms with Crippen molar-refractivity contribution in [1.29, 1.82) is 0 Å². The molecule has 4 aromatic rings. The summed E-state index contributed by atoms with van der Waals surface area (Å²) in [4.78, 5) is 0. The molecule has 33 heavy (non-hydrogen) atoms. The Morgan fingerprint density at radius 2 is 1.76 bits per heavy atom. The number of phenols is 1. The molecule has 1 heterocycles. The molecule has 0 radical (unpaired) electrons. The number of phenolic OH excluding ortho intramolecular Hbond substituents is 1. The zero-order valence-corrected chi connectivity index (χ0v) is 18.0. The number of aromatic amines is 1. The number of aromatic nitrogens is 2. The van der Waals surface area contributed by atoms with Crippen LogP contribution in [0.5, 0.6) is 17.2 Å². The maximum absolute atomic E-state index is 13.7. The molecule has 170 valence electrons. The largest absolute Gasteiger partial charge is 0.507 e. The summed E-state index contributed by atoms with van der Waals surface area (Å²) in [6.45, 7) is 0.228. The molecule has 9 heteroatoms. The van der Waals surface area contributed by atoms with E-state index in [4.69, 9.17) is 21.1 Å². The van der Waals surface area contributed by atoms with E-state index in [-0.39, 0.29) is 34.7 Å². The van der Waals surface area contributed by atoms with Crippen LogP contribution in [-0.4, -0.2) is 22.4 Å². The summed E-state index contributed by atoms with van der Waals surface area (Å²) in [7, 11) is 1.43. The predicted octanol–water partition coefficient (Wildman–Crippen LogP) is 6.71. The molecule has 0 aliphatic rings. The van der Waals surface area contributed by atoms with E-state index < -0.39 is 11.9 Å². The minimum absolute atomic E-state index is 0.0441. The van der Waals surface area contributed by atoms with Crippen LogP contribution in [0.25, 0.3) is 22.4 Å². The molecule has 0 spiro atoms. The number of benzene rings is 3. The highest BCUT2D eigenvalue weighted by Gasteiger charge is 2.38. The maximum Gasteiger partial charge on any atom is 0.433 e. The first kappa shape index (κ1) is 22.5. The Bertz CT molecular complexity index is 1270. The topological polar surface area (TPSA) is 67.4 Å². The smallest absolute Gasteiger partial charge is 0.433 e. The van der Waals surface area contributed by atoms with Crippen LogP contribution < -0.4 is 9.47 Å². The summed E-state index contributed by atoms with van der Waals surface area (Å²) in [6, 6.07) is 17.6. The summed E-state index contributed by atoms with van der Waals surface area (Å²) in [6.07, 6.45) is -4.68. The van der Waals surface area contributed by atoms with E-state index in [1.807, 2.05) is 0 Å². The Morgan fingerprint density at radius 3 is 2.42 bits per heavy atom. The zero-order chi connectivity index (χ0) is 23.6. The van der Waals surface area contributed by atoms with Crippen LogP contribution in [0.1, 0.15) is 11.3 Å². The standard InChI is InChI=1S/C24H18ClF3N2O3/c1-32-17-4-2-3-15(11-17)21-22(29-30-23(21)24(26,27)28)19-10-9-18(12-20(19)31)33-13-14-5-7-16(25)8-6-14/h2-12,31H,13H2,1H3,(H,29,30). The number of rotatable bonds is 6. The summed E-state index contributed by atoms with van der Waals surface area (Å²) in [5, 5.41) is 17.2. The average Bonchev–Trinajstić information content (AvgIpc) is 3.24. The van der Waals surface area contributed by atoms with Crippen LogP contribution >= 0.6 is 11.6 Å². The van der Waals surface area contributed by atoms with Crippen molar-refractivity contribution in [2.24, 2.45) is 0 Å². The quantitative estimate of drug-likeness (QED) is 0.326. The van der Waals surface area contributed by atoms with Gasteiger partial charge in [-0.05, 0) is 47.5 Å². The predicted molar refractivity (Wildman–Crippen MR) is 118 cm³/mol. The molecule has 1 aromatic heterocycles. The third-order valence-corrected chi connectivity index (χ3v) is 5.20. The number of ether oxygens (including phenoxy) is 2. The minimum Gasteiger partial charge on any atom is -0.507 e. The molecular formula is C24H18ClF3N2O3. The number of aromatic hydroxyl groups is 1. The molecule has 5 nitrogen and oxygen atoms in total. The molecule has 0 amide bonds. The van der Waals surface area contributed by atoms with Gasteiger partial charge >= 0.3 is 6.18 Å². The summed E-state index contributed by atoms with van der Waals surface area (Å²) in [5.74, 6) is 0.469. The van der Waals surface area contributed by atoms with Crippen LogP contribution in [-0.2, 0) is 12.8 Å². The van der Waals surface area contributed by atoms with E-state index in [1.165, 1.54) is 31.4 Å². The summed E-state index contributed by atoms with van der Waals surface area (Å²) in [5.41, 5.74) is -0.0196. The lowest BCUT2D eigenvalue weighted by molar-refractivity contribution is -0.140. The average molecular weight is 475 g/mol. The van der Waals surface area contributed by atoms with Gasteiger partial charge in [-0.2, -0.15) is 18.3 Å². The van der Waals surface area contributed by atoms with Crippen molar-refractivity contribution in [3.63, 3.8) is 0 Å². The fourth-order valence-corrected chi connectivity index (χ4v) is 3.48. The van der Waals surface area contributed by atoms with Gasteiger partial charge in [-0.3, -0.25) is 5.10 Å². The van der Waals surface area contributed by atoms with Crippen molar-refractivity contribution >= 4 is 11.6 Å². The first-order valence-corrected chi connectivity index (χ1v) is 10.1. The van der Waals surface area contributed by atoms with Gasteiger partial charge in [0.25, 0.3) is 0 Å². The Labute approximate surface area is 192 Å². The number of halogens is 4. The summed E-state index contributed by atoms with van der Waals surface area (Å²) < 4.78 is 51.9. The van der Waals surface area contributed by atoms with Gasteiger partial charge in [0.15, 0.2) is 0 Å². The highest BCUT2D eigenvalue weighted by Crippen LogP contribution is 2.44. The third-order valence-electron chi connectivity index (χ3n) is 4.95. The zero-order valence-electron chi connectivity index (χ0n) is 17.3. The van der Waals surface area contributed by atoms with E-state index in [2.05, 4.69) is 10.2 Å². The van der Waals surface area contributed by atoms with Crippen LogP contribution in [0.15, 0.2) is 66.7 Å². The molecule has 0 aliphatic heterocycles. The van der Waals surface area contributed by atoms with E-state index in [0.717, 1.165) is 5.56 Å². The van der Waals surface area contributed by atoms with E-state index >= 15 is 0 Å². The molecule has 0 unspecified atom stereocenters. The number of methoxy groups -OCH3 is 1. The molecule has 2 N–H and O–H groups in total. The SMILES string of the molecule is COc1cccc(-c2c(-c3ccc(OCc4ccc(Cl)cc4)cc3O)n[nH]c2C(F)(F)F)c1. The van der Waals surface area contributed by atoms with Gasteiger partial charge in [0, 0.05) is 22.2 Å². The van der Waals surface area contributed by atoms with Crippen LogP contribution in [0.2, 0.25) is 5.02 Å². The molecule has 0 aliphatic carbocycles. The van der Waals surface area contributed by atoms with Gasteiger partial charge in [0.2, 0.25) is 0 Å². The molecule has 3 aromatic carbocycles. The third kappa shape index (κ3) is 4.90. The van der Waals surface area contributed by atoms with E-state index in [9.17, 15) is 18.3 Å². The van der Waals surface area contributed by atoms with Gasteiger partial charge in [-0.15, -0.1) is 0 Å². The molecule has 4 rings (SSSR count). The lowest BCUT2D eigenvalue weighted by Gasteiger charge is -2.12. The number of H-pyrrole nitrogens is 1. The molecule has 0 bridgehead atoms. The number of hydrogen-bond acceptors (Lipinski definition) is 4. The number of nitrogens with zero attached hydrogens (tertiary/aromatic N) is 1. The number of nitrogens with one attached hydrogen (secondary N) is 1. The molecule has 0 saturated heterocycles. The van der Waals surface area contributed by atoms with E-state index in [0.29, 0.717) is 16.5 Å². The number of alkyl halides is 3. The van der Waals surface area contributed by atoms with Crippen molar-refractivity contribution in [2.45, 2.75) is 12.8 Å². The minimum atomic E-state index is -4.68. The van der Waals surface area contributed by atoms with Gasteiger partial charge in [-0.25, -0.2) is 0 Å². The van der Waals surface area contributed by atoms with Gasteiger partial charge < -0.3 is 14.6 Å². The lowest BCUT2D eigenvalue weighted by atomic mass is 9.98. The van der Waals surface area contributed by atoms with Crippen molar-refractivity contribution < 1.29 is 27.8 Å². The van der Waals surface area contributed by atoms with Crippen molar-refractivity contribution in [3.05, 3.63) is 83.0 Å². The van der Waals surface area contributed by atoms with E-state index in [1.54, 1.807) is 42.5 Å². The molecule has 0 saturated carbocycles. The normalized spacial score (nSPS) is 11.4. The fraction of sp³-hybridized carbons (Fsp3) is 0.125. The van der Waals surface area contributed by atoms with Gasteiger partial charge in [0.1, 0.15) is 35.2 Å². The van der Waals surface area contributed by atoms with Crippen molar-refractivity contribution in [2.75, 3.05) is 7.11 Å². The molecule has 0 fully saturated rings. The van der Waals surface area contributed by atoms with Crippen LogP contribution in [0.4, 0.5) is 13.2 Å². The monoisotopic (exact) mass is 474 g/mol. The second kappa shape index (κ2) is 9.07. The molecule has 0 atom stereocenters. The Morgan fingerprint density at radius 1 is 1.00 bits per heavy atom. The maximum atomic E-state index is 13.7. The highest BCUT2D eigenvalue weighted by atomic mass is 35.5. The van der Waals surface area contributed by atoms with Crippen LogP contribution in [0, 0.1) is 0 Å². The lowest BCUT2D eigenvalue weighted by Crippen LogP contribution is -2.07. The Kier molecular flexibility index (Phi) is 6.20. The summed E-state index contributed by atoms with van der Waals surface area (Å²) >= 11 is 5.87. The second-order valence-corrected chi connectivity index (χ2v) is 7.58. The van der Waals surface area contributed by atoms with Crippen molar-refractivity contribution in [3.8, 4) is 39.6 Å². The van der Waals surface area contributed by atoms with Crippen LogP contribution in [0.3, 0.4) is 0 Å².